The van der Waals surface area contributed by atoms with Crippen LogP contribution in [0.3, 0.4) is 0 Å². The number of benzene rings is 3. The number of anilines is 3. The van der Waals surface area contributed by atoms with E-state index in [0.29, 0.717) is 48.6 Å². The number of carboxylic acids is 1. The van der Waals surface area contributed by atoms with Crippen LogP contribution in [-0.2, 0) is 16.4 Å². The van der Waals surface area contributed by atoms with Crippen molar-refractivity contribution in [2.75, 3.05) is 40.7 Å². The molecule has 0 spiro atoms. The summed E-state index contributed by atoms with van der Waals surface area (Å²) in [5.74, 6) is -0.909. The topological polar surface area (TPSA) is 103 Å². The molecule has 41 heavy (non-hydrogen) atoms. The number of sulfonamides is 1. The zero-order valence-electron chi connectivity index (χ0n) is 22.0. The molecule has 4 aromatic rings. The molecule has 1 saturated heterocycles. The number of halogens is 4. The molecule has 5 rings (SSSR count). The number of aromatic carboxylic acids is 1. The number of carboxylic acid groups (broad SMARTS) is 1. The minimum atomic E-state index is -3.85. The van der Waals surface area contributed by atoms with Gasteiger partial charge in [-0.25, -0.2) is 22.6 Å². The van der Waals surface area contributed by atoms with Gasteiger partial charge in [0.25, 0.3) is 10.0 Å². The number of nitrogens with zero attached hydrogens (tertiary/aromatic N) is 3. The molecule has 0 aliphatic carbocycles. The second kappa shape index (κ2) is 14.0. The van der Waals surface area contributed by atoms with E-state index < -0.39 is 16.0 Å². The predicted molar refractivity (Wildman–Crippen MR) is 168 cm³/mol. The van der Waals surface area contributed by atoms with Gasteiger partial charge in [0.15, 0.2) is 0 Å². The van der Waals surface area contributed by atoms with Crippen LogP contribution in [0.15, 0.2) is 77.7 Å². The highest BCUT2D eigenvalue weighted by Gasteiger charge is 2.23. The minimum Gasteiger partial charge on any atom is -0.478 e. The highest BCUT2D eigenvalue weighted by Crippen LogP contribution is 2.29. The lowest BCUT2D eigenvalue weighted by molar-refractivity contribution is 0.0699. The number of carbonyl (C=O) groups is 1. The number of para-hydroxylation sites is 1. The average Bonchev–Trinajstić information content (AvgIpc) is 2.92. The largest absolute Gasteiger partial charge is 0.478 e. The van der Waals surface area contributed by atoms with Crippen LogP contribution >= 0.6 is 37.2 Å². The summed E-state index contributed by atoms with van der Waals surface area (Å²) in [7, 11) is -3.85. The fourth-order valence-corrected chi connectivity index (χ4v) is 5.67. The molecule has 1 aliphatic heterocycles. The molecule has 2 N–H and O–H groups in total. The summed E-state index contributed by atoms with van der Waals surface area (Å²) in [6, 6.07) is 19.4. The summed E-state index contributed by atoms with van der Waals surface area (Å²) in [5, 5.41) is 10.3. The molecular formula is C28H30Cl3FN4O4S. The van der Waals surface area contributed by atoms with Gasteiger partial charge in [-0.2, -0.15) is 0 Å². The number of aromatic nitrogens is 1. The first-order chi connectivity index (χ1) is 18.2. The van der Waals surface area contributed by atoms with Crippen molar-refractivity contribution in [3.63, 3.8) is 0 Å². The van der Waals surface area contributed by atoms with Crippen LogP contribution in [0.1, 0.15) is 22.8 Å². The second-order valence-corrected chi connectivity index (χ2v) is 10.8. The maximum absolute atomic E-state index is 14.2. The van der Waals surface area contributed by atoms with E-state index in [9.17, 15) is 22.7 Å². The van der Waals surface area contributed by atoms with Gasteiger partial charge in [-0.3, -0.25) is 4.72 Å². The normalized spacial score (nSPS) is 13.0. The first-order valence-electron chi connectivity index (χ1n) is 12.3. The molecule has 0 bridgehead atoms. The fraction of sp³-hybridized carbons (Fsp3) is 0.214. The van der Waals surface area contributed by atoms with Crippen molar-refractivity contribution in [2.45, 2.75) is 18.2 Å². The molecule has 13 heteroatoms. The van der Waals surface area contributed by atoms with Gasteiger partial charge in [0, 0.05) is 37.3 Å². The van der Waals surface area contributed by atoms with Crippen LogP contribution in [0.2, 0.25) is 0 Å². The Kier molecular flexibility index (Phi) is 11.6. The van der Waals surface area contributed by atoms with Gasteiger partial charge < -0.3 is 14.9 Å². The van der Waals surface area contributed by atoms with Crippen molar-refractivity contribution < 1.29 is 22.7 Å². The standard InChI is InChI=1S/C28H27FN4O4S.3ClH/c1-2-19-7-10-21(11-8-19)38(36,37)31-20-9-12-25-22(17-20)23(28(34)35)18-27(30-25)33-15-13-32(14-16-33)26-6-4-3-5-24(26)29;;;/h3-12,17-18,31H,2,13-16H2,1H3,(H,34,35);3*1H. The molecule has 2 heterocycles. The number of pyridine rings is 1. The van der Waals surface area contributed by atoms with Crippen molar-refractivity contribution in [1.82, 2.24) is 4.98 Å². The number of piperazine rings is 1. The van der Waals surface area contributed by atoms with Crippen LogP contribution in [0, 0.1) is 5.82 Å². The Morgan fingerprint density at radius 3 is 2.17 bits per heavy atom. The van der Waals surface area contributed by atoms with E-state index in [2.05, 4.69) is 9.71 Å². The highest BCUT2D eigenvalue weighted by molar-refractivity contribution is 7.92. The van der Waals surface area contributed by atoms with Gasteiger partial charge in [0.2, 0.25) is 0 Å². The van der Waals surface area contributed by atoms with Crippen molar-refractivity contribution in [3.05, 3.63) is 89.7 Å². The molecule has 8 nitrogen and oxygen atoms in total. The van der Waals surface area contributed by atoms with E-state index >= 15 is 0 Å². The Hall–Kier alpha value is -3.31. The van der Waals surface area contributed by atoms with E-state index in [0.717, 1.165) is 12.0 Å². The van der Waals surface area contributed by atoms with Gasteiger partial charge in [0.1, 0.15) is 11.6 Å². The first kappa shape index (κ1) is 33.9. The molecule has 0 unspecified atom stereocenters. The van der Waals surface area contributed by atoms with E-state index in [1.807, 2.05) is 16.7 Å². The van der Waals surface area contributed by atoms with Gasteiger partial charge in [0.05, 0.1) is 21.7 Å². The maximum Gasteiger partial charge on any atom is 0.336 e. The molecule has 3 aromatic carbocycles. The predicted octanol–water partition coefficient (Wildman–Crippen LogP) is 6.03. The number of fused-ring (bicyclic) bond motifs is 1. The number of hydrogen-bond acceptors (Lipinski definition) is 6. The smallest absolute Gasteiger partial charge is 0.336 e. The summed E-state index contributed by atoms with van der Waals surface area (Å²) in [6.07, 6.45) is 0.798. The van der Waals surface area contributed by atoms with Crippen LogP contribution in [0.25, 0.3) is 10.9 Å². The van der Waals surface area contributed by atoms with Crippen LogP contribution < -0.4 is 14.5 Å². The number of aryl methyl sites for hydroxylation is 1. The summed E-state index contributed by atoms with van der Waals surface area (Å²) in [5.41, 5.74) is 2.27. The van der Waals surface area contributed by atoms with Gasteiger partial charge >= 0.3 is 5.97 Å². The quantitative estimate of drug-likeness (QED) is 0.254. The molecule has 0 amide bonds. The lowest BCUT2D eigenvalue weighted by Crippen LogP contribution is -2.47. The van der Waals surface area contributed by atoms with E-state index in [4.69, 9.17) is 0 Å². The Labute approximate surface area is 256 Å². The monoisotopic (exact) mass is 642 g/mol. The van der Waals surface area contributed by atoms with Crippen LogP contribution in [-0.4, -0.2) is 50.7 Å². The number of nitrogens with one attached hydrogen (secondary N) is 1. The van der Waals surface area contributed by atoms with Crippen molar-refractivity contribution >= 4 is 81.3 Å². The third kappa shape index (κ3) is 7.32. The molecule has 1 aromatic heterocycles. The van der Waals surface area contributed by atoms with Crippen molar-refractivity contribution in [2.24, 2.45) is 0 Å². The Balaban J connectivity index is 0.00000196. The van der Waals surface area contributed by atoms with Crippen LogP contribution in [0.4, 0.5) is 21.6 Å². The zero-order valence-corrected chi connectivity index (χ0v) is 25.3. The molecule has 1 fully saturated rings. The Morgan fingerprint density at radius 1 is 0.927 bits per heavy atom. The lowest BCUT2D eigenvalue weighted by Gasteiger charge is -2.37. The van der Waals surface area contributed by atoms with Crippen molar-refractivity contribution in [1.29, 1.82) is 0 Å². The molecule has 0 atom stereocenters. The SMILES string of the molecule is CCc1ccc(S(=O)(=O)Nc2ccc3nc(N4CCN(c5ccccc5F)CC4)cc(C(=O)O)c3c2)cc1.Cl.Cl.Cl. The van der Waals surface area contributed by atoms with E-state index in [1.165, 1.54) is 18.2 Å². The van der Waals surface area contributed by atoms with Crippen molar-refractivity contribution in [3.8, 4) is 0 Å². The summed E-state index contributed by atoms with van der Waals surface area (Å²) in [6.45, 7) is 4.19. The van der Waals surface area contributed by atoms with Gasteiger partial charge in [-0.1, -0.05) is 31.2 Å². The Bertz CT molecular complexity index is 1620. The fourth-order valence-electron chi connectivity index (χ4n) is 4.62. The van der Waals surface area contributed by atoms with E-state index in [1.54, 1.807) is 54.6 Å². The molecule has 1 aliphatic rings. The molecule has 0 radical (unpaired) electrons. The van der Waals surface area contributed by atoms with Crippen LogP contribution in [0.5, 0.6) is 0 Å². The molecular weight excluding hydrogens is 614 g/mol. The summed E-state index contributed by atoms with van der Waals surface area (Å²) in [4.78, 5) is 20.9. The average molecular weight is 644 g/mol. The Morgan fingerprint density at radius 2 is 1.56 bits per heavy atom. The zero-order chi connectivity index (χ0) is 26.9. The highest BCUT2D eigenvalue weighted by atomic mass is 35.5. The van der Waals surface area contributed by atoms with E-state index in [-0.39, 0.29) is 59.2 Å². The van der Waals surface area contributed by atoms with Gasteiger partial charge in [-0.15, -0.1) is 37.2 Å². The second-order valence-electron chi connectivity index (χ2n) is 9.09. The molecule has 0 saturated carbocycles. The summed E-state index contributed by atoms with van der Waals surface area (Å²) < 4.78 is 42.5. The minimum absolute atomic E-state index is 0. The maximum atomic E-state index is 14.2. The lowest BCUT2D eigenvalue weighted by atomic mass is 10.1. The summed E-state index contributed by atoms with van der Waals surface area (Å²) >= 11 is 0. The number of hydrogen-bond donors (Lipinski definition) is 2. The first-order valence-corrected chi connectivity index (χ1v) is 13.8. The van der Waals surface area contributed by atoms with Gasteiger partial charge in [-0.05, 0) is 60.5 Å². The third-order valence-corrected chi connectivity index (χ3v) is 8.11. The third-order valence-electron chi connectivity index (χ3n) is 6.72. The number of rotatable bonds is 7. The molecule has 220 valence electrons.